The molecule has 11 aromatic rings. The minimum Gasteiger partial charge on any atom is -0.436 e. The Labute approximate surface area is 274 Å². The first-order valence-corrected chi connectivity index (χ1v) is 16.3. The van der Waals surface area contributed by atoms with Crippen LogP contribution in [0.2, 0.25) is 0 Å². The largest absolute Gasteiger partial charge is 0.436 e. The van der Waals surface area contributed by atoms with Crippen LogP contribution in [-0.4, -0.2) is 14.5 Å². The Kier molecular flexibility index (Phi) is 5.08. The van der Waals surface area contributed by atoms with E-state index >= 15 is 0 Å². The summed E-state index contributed by atoms with van der Waals surface area (Å²) >= 11 is 0. The van der Waals surface area contributed by atoms with Crippen LogP contribution in [0.5, 0.6) is 0 Å². The van der Waals surface area contributed by atoms with Crippen LogP contribution >= 0.6 is 0 Å². The smallest absolute Gasteiger partial charge is 0.247 e. The first-order chi connectivity index (χ1) is 23.8. The Hall–Kier alpha value is -6.52. The number of hydrogen-bond acceptors (Lipinski definition) is 3. The molecular formula is C44H25N3O. The van der Waals surface area contributed by atoms with Crippen molar-refractivity contribution in [3.05, 3.63) is 152 Å². The molecule has 0 saturated heterocycles. The second-order valence-electron chi connectivity index (χ2n) is 12.5. The highest BCUT2D eigenvalue weighted by atomic mass is 16.3. The minimum atomic E-state index is 0.535. The van der Waals surface area contributed by atoms with Gasteiger partial charge >= 0.3 is 0 Å². The van der Waals surface area contributed by atoms with Crippen molar-refractivity contribution in [2.24, 2.45) is 0 Å². The Balaban J connectivity index is 1.42. The lowest BCUT2D eigenvalue weighted by molar-refractivity contribution is 0.653. The molecule has 8 aromatic carbocycles. The summed E-state index contributed by atoms with van der Waals surface area (Å²) in [6.45, 7) is 0. The van der Waals surface area contributed by atoms with Crippen molar-refractivity contribution in [1.29, 1.82) is 0 Å². The molecule has 4 heteroatoms. The van der Waals surface area contributed by atoms with Gasteiger partial charge in [0.05, 0.1) is 11.0 Å². The van der Waals surface area contributed by atoms with Crippen molar-refractivity contribution in [3.8, 4) is 17.1 Å². The van der Waals surface area contributed by atoms with Gasteiger partial charge in [-0.15, -0.1) is 0 Å². The summed E-state index contributed by atoms with van der Waals surface area (Å²) in [5.74, 6) is 0.779. The molecule has 0 aliphatic heterocycles. The maximum atomic E-state index is 6.30. The standard InChI is InChI=1S/C44H25N3O/c1-2-13-27(14-3-1)40-43(45-41-34-20-10-11-21-37(34)48-44(41)46-40)47-36-25-24-33-31-18-7-6-16-29(31)30-17-8-9-19-32(30)38(33)39(36)35-23-22-26-12-4-5-15-28(26)42(35)47/h1-25H. The fourth-order valence-electron chi connectivity index (χ4n) is 7.94. The van der Waals surface area contributed by atoms with Gasteiger partial charge in [0, 0.05) is 32.5 Å². The predicted molar refractivity (Wildman–Crippen MR) is 199 cm³/mol. The summed E-state index contributed by atoms with van der Waals surface area (Å²) in [7, 11) is 0. The number of aromatic nitrogens is 3. The van der Waals surface area contributed by atoms with Gasteiger partial charge < -0.3 is 4.42 Å². The predicted octanol–water partition coefficient (Wildman–Crippen LogP) is 11.8. The summed E-state index contributed by atoms with van der Waals surface area (Å²) in [4.78, 5) is 10.7. The first-order valence-electron chi connectivity index (χ1n) is 16.3. The van der Waals surface area contributed by atoms with Gasteiger partial charge in [0.15, 0.2) is 5.82 Å². The van der Waals surface area contributed by atoms with Crippen LogP contribution < -0.4 is 0 Å². The van der Waals surface area contributed by atoms with E-state index in [0.29, 0.717) is 5.71 Å². The molecule has 0 radical (unpaired) electrons. The van der Waals surface area contributed by atoms with Crippen molar-refractivity contribution < 1.29 is 4.42 Å². The van der Waals surface area contributed by atoms with E-state index in [9.17, 15) is 0 Å². The van der Waals surface area contributed by atoms with Crippen LogP contribution in [0.4, 0.5) is 0 Å². The van der Waals surface area contributed by atoms with Gasteiger partial charge in [-0.25, -0.2) is 9.97 Å². The third-order valence-electron chi connectivity index (χ3n) is 9.97. The second kappa shape index (κ2) is 9.50. The van der Waals surface area contributed by atoms with Crippen molar-refractivity contribution in [2.45, 2.75) is 0 Å². The summed E-state index contributed by atoms with van der Waals surface area (Å²) in [6, 6.07) is 53.8. The molecular weight excluding hydrogens is 587 g/mol. The molecule has 0 unspecified atom stereocenters. The Bertz CT molecular complexity index is 3080. The van der Waals surface area contributed by atoms with Gasteiger partial charge in [0.2, 0.25) is 5.71 Å². The summed E-state index contributed by atoms with van der Waals surface area (Å²) in [6.07, 6.45) is 0. The molecule has 3 aromatic heterocycles. The van der Waals surface area contributed by atoms with E-state index in [2.05, 4.69) is 132 Å². The molecule has 222 valence electrons. The Morgan fingerprint density at radius 2 is 1.04 bits per heavy atom. The number of hydrogen-bond donors (Lipinski definition) is 0. The molecule has 0 N–H and O–H groups in total. The maximum absolute atomic E-state index is 6.30. The normalized spacial score (nSPS) is 12.2. The highest BCUT2D eigenvalue weighted by Gasteiger charge is 2.24. The zero-order chi connectivity index (χ0) is 31.3. The van der Waals surface area contributed by atoms with Gasteiger partial charge in [-0.2, -0.15) is 0 Å². The molecule has 0 saturated carbocycles. The molecule has 0 amide bonds. The van der Waals surface area contributed by atoms with Crippen LogP contribution in [0, 0.1) is 0 Å². The molecule has 4 nitrogen and oxygen atoms in total. The third-order valence-corrected chi connectivity index (χ3v) is 9.97. The zero-order valence-electron chi connectivity index (χ0n) is 25.7. The van der Waals surface area contributed by atoms with Crippen LogP contribution in [0.1, 0.15) is 0 Å². The third kappa shape index (κ3) is 3.38. The van der Waals surface area contributed by atoms with Crippen molar-refractivity contribution in [3.63, 3.8) is 0 Å². The van der Waals surface area contributed by atoms with Gasteiger partial charge in [-0.3, -0.25) is 4.57 Å². The summed E-state index contributed by atoms with van der Waals surface area (Å²) < 4.78 is 8.65. The molecule has 0 atom stereocenters. The maximum Gasteiger partial charge on any atom is 0.247 e. The number of furan rings is 1. The Morgan fingerprint density at radius 3 is 1.83 bits per heavy atom. The SMILES string of the molecule is c1ccc(-c2nc3oc4ccccc4c3nc2-n2c3ccc4c5ccccc5c5ccccc5c4c3c3ccc4ccccc4c32)cc1. The number of rotatable bonds is 2. The highest BCUT2D eigenvalue weighted by molar-refractivity contribution is 6.36. The topological polar surface area (TPSA) is 43.9 Å². The van der Waals surface area contributed by atoms with Crippen LogP contribution in [-0.2, 0) is 0 Å². The van der Waals surface area contributed by atoms with Gasteiger partial charge in [0.1, 0.15) is 16.8 Å². The lowest BCUT2D eigenvalue weighted by atomic mass is 9.91. The van der Waals surface area contributed by atoms with E-state index in [1.54, 1.807) is 0 Å². The summed E-state index contributed by atoms with van der Waals surface area (Å²) in [5.41, 5.74) is 6.03. The molecule has 0 fully saturated rings. The zero-order valence-corrected chi connectivity index (χ0v) is 25.7. The fraction of sp³-hybridized carbons (Fsp3) is 0. The van der Waals surface area contributed by atoms with E-state index in [-0.39, 0.29) is 0 Å². The molecule has 0 bridgehead atoms. The number of benzene rings is 8. The number of para-hydroxylation sites is 1. The monoisotopic (exact) mass is 611 g/mol. The lowest BCUT2D eigenvalue weighted by Crippen LogP contribution is -2.03. The van der Waals surface area contributed by atoms with Crippen molar-refractivity contribution in [1.82, 2.24) is 14.5 Å². The van der Waals surface area contributed by atoms with Crippen LogP contribution in [0.25, 0.3) is 104 Å². The van der Waals surface area contributed by atoms with E-state index in [4.69, 9.17) is 14.4 Å². The molecule has 0 spiro atoms. The van der Waals surface area contributed by atoms with Gasteiger partial charge in [-0.1, -0.05) is 133 Å². The second-order valence-corrected chi connectivity index (χ2v) is 12.5. The molecule has 0 aliphatic rings. The minimum absolute atomic E-state index is 0.535. The summed E-state index contributed by atoms with van der Waals surface area (Å²) in [5, 5.41) is 13.2. The van der Waals surface area contributed by atoms with Crippen LogP contribution in [0.3, 0.4) is 0 Å². The van der Waals surface area contributed by atoms with Crippen molar-refractivity contribution >= 4 is 87.1 Å². The molecule has 48 heavy (non-hydrogen) atoms. The molecule has 0 aliphatic carbocycles. The number of nitrogens with zero attached hydrogens (tertiary/aromatic N) is 3. The van der Waals surface area contributed by atoms with Gasteiger partial charge in [0.25, 0.3) is 0 Å². The highest BCUT2D eigenvalue weighted by Crippen LogP contribution is 2.45. The van der Waals surface area contributed by atoms with E-state index in [1.165, 1.54) is 53.9 Å². The van der Waals surface area contributed by atoms with E-state index in [0.717, 1.165) is 44.6 Å². The average molecular weight is 612 g/mol. The average Bonchev–Trinajstić information content (AvgIpc) is 3.70. The van der Waals surface area contributed by atoms with Crippen LogP contribution in [0.15, 0.2) is 156 Å². The first kappa shape index (κ1) is 25.6. The quantitative estimate of drug-likeness (QED) is 0.183. The van der Waals surface area contributed by atoms with Crippen molar-refractivity contribution in [2.75, 3.05) is 0 Å². The van der Waals surface area contributed by atoms with E-state index < -0.39 is 0 Å². The lowest BCUT2D eigenvalue weighted by Gasteiger charge is -2.14. The Morgan fingerprint density at radius 1 is 0.438 bits per heavy atom. The number of fused-ring (bicyclic) bond motifs is 15. The fourth-order valence-corrected chi connectivity index (χ4v) is 7.94. The molecule has 11 rings (SSSR count). The molecule has 3 heterocycles. The van der Waals surface area contributed by atoms with E-state index in [1.807, 2.05) is 24.3 Å². The van der Waals surface area contributed by atoms with Gasteiger partial charge in [-0.05, 0) is 50.5 Å².